The Labute approximate surface area is 89.1 Å². The van der Waals surface area contributed by atoms with Crippen LogP contribution in [0.5, 0.6) is 0 Å². The molecule has 1 saturated heterocycles. The first-order chi connectivity index (χ1) is 6.40. The Hall–Kier alpha value is -0.580. The van der Waals surface area contributed by atoms with Gasteiger partial charge in [-0.1, -0.05) is 5.16 Å². The largest absolute Gasteiger partial charge is 0.396 e. The molecule has 14 heavy (non-hydrogen) atoms. The van der Waals surface area contributed by atoms with E-state index in [9.17, 15) is 0 Å². The van der Waals surface area contributed by atoms with Crippen LogP contribution in [0, 0.1) is 0 Å². The van der Waals surface area contributed by atoms with Gasteiger partial charge in [0.25, 0.3) is 0 Å². The van der Waals surface area contributed by atoms with Gasteiger partial charge in [-0.3, -0.25) is 0 Å². The maximum absolute atomic E-state index is 8.69. The summed E-state index contributed by atoms with van der Waals surface area (Å²) in [6.45, 7) is 2.18. The van der Waals surface area contributed by atoms with Gasteiger partial charge in [-0.2, -0.15) is 0 Å². The Morgan fingerprint density at radius 3 is 3.14 bits per heavy atom. The summed E-state index contributed by atoms with van der Waals surface area (Å²) >= 11 is 0. The fraction of sp³-hybridized carbons (Fsp3) is 0.667. The maximum Gasteiger partial charge on any atom is 0.139 e. The smallest absolute Gasteiger partial charge is 0.139 e. The molecule has 2 rings (SSSR count). The van der Waals surface area contributed by atoms with Crippen molar-refractivity contribution in [2.75, 3.05) is 19.7 Å². The number of aliphatic hydroxyl groups excluding tert-OH is 1. The number of aromatic nitrogens is 1. The fourth-order valence-electron chi connectivity index (χ4n) is 1.66. The standard InChI is InChI=1S/C9H14N2O2.ClH/c12-4-2-8-5-9(11-13-8)7-1-3-10-6-7;/h5,7,10,12H,1-4,6H2;1H. The number of hydrogen-bond acceptors (Lipinski definition) is 4. The summed E-state index contributed by atoms with van der Waals surface area (Å²) in [6.07, 6.45) is 1.69. The zero-order chi connectivity index (χ0) is 9.10. The molecule has 0 bridgehead atoms. The Morgan fingerprint density at radius 2 is 2.50 bits per heavy atom. The summed E-state index contributed by atoms with van der Waals surface area (Å²) in [6, 6.07) is 1.95. The van der Waals surface area contributed by atoms with Crippen molar-refractivity contribution < 1.29 is 9.63 Å². The van der Waals surface area contributed by atoms with Crippen LogP contribution >= 0.6 is 12.4 Å². The second kappa shape index (κ2) is 5.34. The molecule has 80 valence electrons. The van der Waals surface area contributed by atoms with Gasteiger partial charge < -0.3 is 14.9 Å². The molecule has 1 aliphatic rings. The van der Waals surface area contributed by atoms with Gasteiger partial charge in [0.15, 0.2) is 0 Å². The highest BCUT2D eigenvalue weighted by Crippen LogP contribution is 2.21. The van der Waals surface area contributed by atoms with E-state index in [4.69, 9.17) is 9.63 Å². The molecule has 4 nitrogen and oxygen atoms in total. The van der Waals surface area contributed by atoms with Gasteiger partial charge in [0.05, 0.1) is 12.3 Å². The number of aliphatic hydroxyl groups is 1. The highest BCUT2D eigenvalue weighted by Gasteiger charge is 2.19. The SMILES string of the molecule is Cl.OCCc1cc(C2CCNC2)no1. The quantitative estimate of drug-likeness (QED) is 0.785. The summed E-state index contributed by atoms with van der Waals surface area (Å²) in [5, 5.41) is 16.0. The molecule has 1 unspecified atom stereocenters. The van der Waals surface area contributed by atoms with E-state index in [1.807, 2.05) is 6.07 Å². The summed E-state index contributed by atoms with van der Waals surface area (Å²) in [5.41, 5.74) is 1.02. The van der Waals surface area contributed by atoms with Gasteiger partial charge in [-0.25, -0.2) is 0 Å². The van der Waals surface area contributed by atoms with Crippen molar-refractivity contribution in [1.29, 1.82) is 0 Å². The number of nitrogens with zero attached hydrogens (tertiary/aromatic N) is 1. The second-order valence-electron chi connectivity index (χ2n) is 3.38. The molecule has 1 aromatic heterocycles. The van der Waals surface area contributed by atoms with Gasteiger partial charge >= 0.3 is 0 Å². The molecule has 1 atom stereocenters. The highest BCUT2D eigenvalue weighted by molar-refractivity contribution is 5.85. The van der Waals surface area contributed by atoms with E-state index in [1.54, 1.807) is 0 Å². The molecule has 5 heteroatoms. The van der Waals surface area contributed by atoms with E-state index in [0.29, 0.717) is 12.3 Å². The first kappa shape index (κ1) is 11.5. The van der Waals surface area contributed by atoms with E-state index in [2.05, 4.69) is 10.5 Å². The molecule has 0 aromatic carbocycles. The van der Waals surface area contributed by atoms with Crippen LogP contribution in [-0.2, 0) is 6.42 Å². The number of nitrogens with one attached hydrogen (secondary N) is 1. The predicted molar refractivity (Wildman–Crippen MR) is 54.8 cm³/mol. The van der Waals surface area contributed by atoms with Crippen LogP contribution < -0.4 is 5.32 Å². The molecule has 0 spiro atoms. The van der Waals surface area contributed by atoms with Gasteiger partial charge in [0.2, 0.25) is 0 Å². The summed E-state index contributed by atoms with van der Waals surface area (Å²) in [7, 11) is 0. The zero-order valence-electron chi connectivity index (χ0n) is 7.90. The van der Waals surface area contributed by atoms with Gasteiger partial charge in [0, 0.05) is 24.9 Å². The van der Waals surface area contributed by atoms with Gasteiger partial charge in [0.1, 0.15) is 5.76 Å². The molecular weight excluding hydrogens is 204 g/mol. The van der Waals surface area contributed by atoms with E-state index < -0.39 is 0 Å². The summed E-state index contributed by atoms with van der Waals surface area (Å²) in [4.78, 5) is 0. The second-order valence-corrected chi connectivity index (χ2v) is 3.38. The molecule has 0 aliphatic carbocycles. The normalized spacial score (nSPS) is 20.8. The van der Waals surface area contributed by atoms with Crippen molar-refractivity contribution >= 4 is 12.4 Å². The van der Waals surface area contributed by atoms with Gasteiger partial charge in [-0.05, 0) is 13.0 Å². The van der Waals surface area contributed by atoms with E-state index in [0.717, 1.165) is 31.0 Å². The fourth-order valence-corrected chi connectivity index (χ4v) is 1.66. The van der Waals surface area contributed by atoms with Crippen molar-refractivity contribution in [2.24, 2.45) is 0 Å². The molecule has 1 aromatic rings. The van der Waals surface area contributed by atoms with Gasteiger partial charge in [-0.15, -0.1) is 12.4 Å². The van der Waals surface area contributed by atoms with Crippen molar-refractivity contribution in [2.45, 2.75) is 18.8 Å². The lowest BCUT2D eigenvalue weighted by molar-refractivity contribution is 0.276. The van der Waals surface area contributed by atoms with Crippen LogP contribution in [0.3, 0.4) is 0 Å². The first-order valence-corrected chi connectivity index (χ1v) is 4.67. The highest BCUT2D eigenvalue weighted by atomic mass is 35.5. The molecule has 1 fully saturated rings. The van der Waals surface area contributed by atoms with Crippen LogP contribution in [0.15, 0.2) is 10.6 Å². The van der Waals surface area contributed by atoms with Crippen LogP contribution in [0.2, 0.25) is 0 Å². The van der Waals surface area contributed by atoms with Crippen LogP contribution in [0.1, 0.15) is 23.8 Å². The Morgan fingerprint density at radius 1 is 1.64 bits per heavy atom. The first-order valence-electron chi connectivity index (χ1n) is 4.67. The summed E-state index contributed by atoms with van der Waals surface area (Å²) < 4.78 is 5.08. The third kappa shape index (κ3) is 2.47. The molecule has 0 amide bonds. The Balaban J connectivity index is 0.000000980. The van der Waals surface area contributed by atoms with E-state index in [-0.39, 0.29) is 19.0 Å². The Bertz CT molecular complexity index is 272. The number of rotatable bonds is 3. The van der Waals surface area contributed by atoms with Crippen molar-refractivity contribution in [3.8, 4) is 0 Å². The lowest BCUT2D eigenvalue weighted by Gasteiger charge is -1.99. The van der Waals surface area contributed by atoms with Crippen molar-refractivity contribution in [1.82, 2.24) is 10.5 Å². The minimum absolute atomic E-state index is 0. The zero-order valence-corrected chi connectivity index (χ0v) is 8.72. The minimum Gasteiger partial charge on any atom is -0.396 e. The van der Waals surface area contributed by atoms with E-state index in [1.165, 1.54) is 0 Å². The monoisotopic (exact) mass is 218 g/mol. The third-order valence-electron chi connectivity index (χ3n) is 2.41. The molecule has 2 heterocycles. The summed E-state index contributed by atoms with van der Waals surface area (Å²) in [5.74, 6) is 1.28. The molecule has 0 saturated carbocycles. The van der Waals surface area contributed by atoms with E-state index >= 15 is 0 Å². The van der Waals surface area contributed by atoms with Crippen LogP contribution in [-0.4, -0.2) is 30.0 Å². The molecule has 1 aliphatic heterocycles. The Kier molecular flexibility index (Phi) is 4.38. The van der Waals surface area contributed by atoms with Crippen LogP contribution in [0.25, 0.3) is 0 Å². The topological polar surface area (TPSA) is 58.3 Å². The molecule has 2 N–H and O–H groups in total. The van der Waals surface area contributed by atoms with Crippen molar-refractivity contribution in [3.63, 3.8) is 0 Å². The average molecular weight is 219 g/mol. The predicted octanol–water partition coefficient (Wildman–Crippen LogP) is 0.708. The van der Waals surface area contributed by atoms with Crippen molar-refractivity contribution in [3.05, 3.63) is 17.5 Å². The molecule has 0 radical (unpaired) electrons. The number of halogens is 1. The minimum atomic E-state index is 0. The maximum atomic E-state index is 8.69. The third-order valence-corrected chi connectivity index (χ3v) is 2.41. The lowest BCUT2D eigenvalue weighted by Crippen LogP contribution is -2.07. The number of hydrogen-bond donors (Lipinski definition) is 2. The van der Waals surface area contributed by atoms with Crippen LogP contribution in [0.4, 0.5) is 0 Å². The lowest BCUT2D eigenvalue weighted by atomic mass is 10.0. The average Bonchev–Trinajstić information content (AvgIpc) is 2.70. The molecular formula is C9H15ClN2O2.